The van der Waals surface area contributed by atoms with Crippen LogP contribution in [-0.2, 0) is 4.65 Å². The highest BCUT2D eigenvalue weighted by atomic mass is 32.1. The molecule has 0 saturated carbocycles. The maximum absolute atomic E-state index is 4.90. The molecular weight excluding hydrogens is 131 g/mol. The number of thiol groups is 1. The van der Waals surface area contributed by atoms with Gasteiger partial charge in [-0.25, -0.2) is 0 Å². The fourth-order valence-electron chi connectivity index (χ4n) is 0.335. The van der Waals surface area contributed by atoms with E-state index in [1.165, 1.54) is 0 Å². The third kappa shape index (κ3) is 3.16. The summed E-state index contributed by atoms with van der Waals surface area (Å²) >= 11 is 4.36. The van der Waals surface area contributed by atoms with Gasteiger partial charge in [0.15, 0.2) is 0 Å². The Balaban J connectivity index is 3.70. The Morgan fingerprint density at radius 2 is 2.11 bits per heavy atom. The quantitative estimate of drug-likeness (QED) is 0.465. The minimum absolute atomic E-state index is 0.102. The van der Waals surface area contributed by atoms with E-state index >= 15 is 0 Å². The molecule has 2 radical (unpaired) electrons. The first-order valence-electron chi connectivity index (χ1n) is 3.04. The topological polar surface area (TPSA) is 9.23 Å². The first-order valence-corrected chi connectivity index (χ1v) is 3.49. The molecule has 0 rings (SSSR count). The van der Waals surface area contributed by atoms with Gasteiger partial charge in [-0.2, -0.15) is 12.6 Å². The van der Waals surface area contributed by atoms with Crippen molar-refractivity contribution in [3.8, 4) is 0 Å². The van der Waals surface area contributed by atoms with E-state index in [2.05, 4.69) is 31.1 Å². The summed E-state index contributed by atoms with van der Waals surface area (Å²) < 4.78 is 4.39. The first-order chi connectivity index (χ1) is 4.00. The Kier molecular flexibility index (Phi) is 3.67. The SMILES string of the molecule is [B]OCC(C)(S)C(C)C. The molecule has 1 unspecified atom stereocenters. The van der Waals surface area contributed by atoms with Gasteiger partial charge in [-0.3, -0.25) is 0 Å². The van der Waals surface area contributed by atoms with Crippen LogP contribution in [0.3, 0.4) is 0 Å². The van der Waals surface area contributed by atoms with Gasteiger partial charge in [0, 0.05) is 11.4 Å². The van der Waals surface area contributed by atoms with Crippen molar-refractivity contribution < 1.29 is 4.65 Å². The molecule has 1 atom stereocenters. The third-order valence-corrected chi connectivity index (χ3v) is 2.26. The van der Waals surface area contributed by atoms with Gasteiger partial charge in [0.05, 0.1) is 0 Å². The van der Waals surface area contributed by atoms with E-state index in [1.807, 2.05) is 6.92 Å². The molecule has 0 amide bonds. The second-order valence-electron chi connectivity index (χ2n) is 2.82. The molecule has 0 spiro atoms. The van der Waals surface area contributed by atoms with E-state index in [-0.39, 0.29) is 4.75 Å². The molecule has 0 N–H and O–H groups in total. The molecular formula is C6H13BOS. The van der Waals surface area contributed by atoms with Crippen molar-refractivity contribution in [3.63, 3.8) is 0 Å². The van der Waals surface area contributed by atoms with Gasteiger partial charge in [0.25, 0.3) is 8.05 Å². The lowest BCUT2D eigenvalue weighted by molar-refractivity contribution is 0.268. The summed E-state index contributed by atoms with van der Waals surface area (Å²) in [5.41, 5.74) is 0. The molecule has 0 saturated heterocycles. The molecule has 0 aliphatic heterocycles. The summed E-state index contributed by atoms with van der Waals surface area (Å²) in [6.45, 7) is 6.68. The predicted molar refractivity (Wildman–Crippen MR) is 43.9 cm³/mol. The van der Waals surface area contributed by atoms with Crippen LogP contribution in [0.4, 0.5) is 0 Å². The predicted octanol–water partition coefficient (Wildman–Crippen LogP) is 1.43. The summed E-state index contributed by atoms with van der Waals surface area (Å²) in [6, 6.07) is 0. The molecule has 0 aliphatic carbocycles. The largest absolute Gasteiger partial charge is 0.446 e. The Hall–Kier alpha value is 0.375. The molecule has 52 valence electrons. The van der Waals surface area contributed by atoms with Crippen LogP contribution in [0.2, 0.25) is 0 Å². The molecule has 0 aromatic carbocycles. The van der Waals surface area contributed by atoms with Gasteiger partial charge in [-0.15, -0.1) is 0 Å². The summed E-state index contributed by atoms with van der Waals surface area (Å²) in [5, 5.41) is 0. The van der Waals surface area contributed by atoms with Gasteiger partial charge >= 0.3 is 0 Å². The van der Waals surface area contributed by atoms with E-state index in [1.54, 1.807) is 0 Å². The van der Waals surface area contributed by atoms with Crippen LogP contribution in [0.15, 0.2) is 0 Å². The van der Waals surface area contributed by atoms with Gasteiger partial charge in [0.1, 0.15) is 0 Å². The Labute approximate surface area is 64.0 Å². The molecule has 1 nitrogen and oxygen atoms in total. The van der Waals surface area contributed by atoms with Crippen LogP contribution in [0.5, 0.6) is 0 Å². The van der Waals surface area contributed by atoms with Crippen molar-refractivity contribution in [1.82, 2.24) is 0 Å². The van der Waals surface area contributed by atoms with E-state index in [0.29, 0.717) is 12.5 Å². The smallest absolute Gasteiger partial charge is 0.282 e. The van der Waals surface area contributed by atoms with Crippen molar-refractivity contribution in [1.29, 1.82) is 0 Å². The monoisotopic (exact) mass is 144 g/mol. The lowest BCUT2D eigenvalue weighted by Gasteiger charge is -2.27. The number of hydrogen-bond acceptors (Lipinski definition) is 2. The zero-order valence-electron chi connectivity index (χ0n) is 6.22. The fourth-order valence-corrected chi connectivity index (χ4v) is 0.410. The van der Waals surface area contributed by atoms with Gasteiger partial charge in [-0.1, -0.05) is 13.8 Å². The number of rotatable bonds is 3. The average molecular weight is 144 g/mol. The number of hydrogen-bond donors (Lipinski definition) is 1. The summed E-state index contributed by atoms with van der Waals surface area (Å²) in [7, 11) is 4.90. The second-order valence-corrected chi connectivity index (χ2v) is 3.84. The normalized spacial score (nSPS) is 17.9. The van der Waals surface area contributed by atoms with Crippen molar-refractivity contribution >= 4 is 20.7 Å². The van der Waals surface area contributed by atoms with Gasteiger partial charge < -0.3 is 4.65 Å². The summed E-state index contributed by atoms with van der Waals surface area (Å²) in [4.78, 5) is 0. The lowest BCUT2D eigenvalue weighted by atomic mass is 9.98. The molecule has 0 heterocycles. The van der Waals surface area contributed by atoms with Crippen LogP contribution in [0.25, 0.3) is 0 Å². The third-order valence-electron chi connectivity index (χ3n) is 1.62. The minimum atomic E-state index is -0.102. The second kappa shape index (κ2) is 3.52. The van der Waals surface area contributed by atoms with E-state index in [9.17, 15) is 0 Å². The summed E-state index contributed by atoms with van der Waals surface area (Å²) in [6.07, 6.45) is 0. The maximum Gasteiger partial charge on any atom is 0.282 e. The molecule has 0 bridgehead atoms. The Morgan fingerprint density at radius 1 is 1.67 bits per heavy atom. The van der Waals surface area contributed by atoms with Crippen LogP contribution in [-0.4, -0.2) is 19.4 Å². The van der Waals surface area contributed by atoms with Crippen molar-refractivity contribution in [2.24, 2.45) is 5.92 Å². The van der Waals surface area contributed by atoms with E-state index < -0.39 is 0 Å². The van der Waals surface area contributed by atoms with Crippen LogP contribution >= 0.6 is 12.6 Å². The molecule has 9 heavy (non-hydrogen) atoms. The molecule has 3 heteroatoms. The summed E-state index contributed by atoms with van der Waals surface area (Å²) in [5.74, 6) is 0.476. The molecule has 0 aromatic rings. The highest BCUT2D eigenvalue weighted by molar-refractivity contribution is 7.81. The molecule has 0 aromatic heterocycles. The van der Waals surface area contributed by atoms with Gasteiger partial charge in [-0.05, 0) is 12.8 Å². The van der Waals surface area contributed by atoms with Crippen molar-refractivity contribution in [3.05, 3.63) is 0 Å². The molecule has 0 aliphatic rings. The highest BCUT2D eigenvalue weighted by Gasteiger charge is 2.22. The van der Waals surface area contributed by atoms with Crippen LogP contribution < -0.4 is 0 Å². The zero-order valence-corrected chi connectivity index (χ0v) is 7.11. The Morgan fingerprint density at radius 3 is 2.22 bits per heavy atom. The van der Waals surface area contributed by atoms with Crippen molar-refractivity contribution in [2.45, 2.75) is 25.5 Å². The first kappa shape index (κ1) is 9.37. The van der Waals surface area contributed by atoms with Crippen LogP contribution in [0.1, 0.15) is 20.8 Å². The molecule has 0 fully saturated rings. The lowest BCUT2D eigenvalue weighted by Crippen LogP contribution is -2.29. The van der Waals surface area contributed by atoms with Crippen molar-refractivity contribution in [2.75, 3.05) is 6.61 Å². The zero-order chi connectivity index (χ0) is 7.49. The Bertz CT molecular complexity index is 83.1. The highest BCUT2D eigenvalue weighted by Crippen LogP contribution is 2.23. The average Bonchev–Trinajstić information content (AvgIpc) is 1.65. The maximum atomic E-state index is 4.90. The van der Waals surface area contributed by atoms with E-state index in [4.69, 9.17) is 8.05 Å². The standard InChI is InChI=1S/C6H13BOS/c1-5(2)6(3,9)4-8-7/h5,9H,4H2,1-3H3. The minimum Gasteiger partial charge on any atom is -0.446 e. The fraction of sp³-hybridized carbons (Fsp3) is 1.00. The van der Waals surface area contributed by atoms with Crippen LogP contribution in [0, 0.1) is 5.92 Å². The van der Waals surface area contributed by atoms with Gasteiger partial charge in [0.2, 0.25) is 0 Å². The van der Waals surface area contributed by atoms with E-state index in [0.717, 1.165) is 0 Å².